The number of hydrogen-bond donors (Lipinski definition) is 0. The molecule has 0 bridgehead atoms. The van der Waals surface area contributed by atoms with Crippen LogP contribution < -0.4 is 0 Å². The number of esters is 1. The molecule has 11 heteroatoms. The summed E-state index contributed by atoms with van der Waals surface area (Å²) in [5, 5.41) is 19.6. The van der Waals surface area contributed by atoms with Crippen LogP contribution >= 0.6 is 0 Å². The van der Waals surface area contributed by atoms with Crippen LogP contribution in [0.2, 0.25) is 0 Å². The van der Waals surface area contributed by atoms with Crippen LogP contribution in [-0.4, -0.2) is 77.8 Å². The molecule has 5 rings (SSSR count). The van der Waals surface area contributed by atoms with E-state index < -0.39 is 0 Å². The highest BCUT2D eigenvalue weighted by Crippen LogP contribution is 2.50. The molecular formula is C22H28N8O3. The van der Waals surface area contributed by atoms with Crippen LogP contribution in [-0.2, 0) is 20.9 Å². The third-order valence-corrected chi connectivity index (χ3v) is 7.33. The average Bonchev–Trinajstić information content (AvgIpc) is 3.56. The van der Waals surface area contributed by atoms with E-state index in [1.165, 1.54) is 17.1 Å². The van der Waals surface area contributed by atoms with Gasteiger partial charge in [-0.25, -0.2) is 4.79 Å². The van der Waals surface area contributed by atoms with Crippen LogP contribution in [0.1, 0.15) is 51.1 Å². The molecule has 1 amide bonds. The third-order valence-electron chi connectivity index (χ3n) is 7.33. The molecular weight excluding hydrogens is 424 g/mol. The molecule has 2 aromatic rings. The summed E-state index contributed by atoms with van der Waals surface area (Å²) in [7, 11) is 2.10. The number of ether oxygens (including phenoxy) is 1. The number of carbonyl (C=O) groups is 2. The van der Waals surface area contributed by atoms with Crippen molar-refractivity contribution in [2.45, 2.75) is 64.1 Å². The second-order valence-corrected chi connectivity index (χ2v) is 9.25. The number of amides is 1. The van der Waals surface area contributed by atoms with Gasteiger partial charge in [0.2, 0.25) is 5.91 Å². The molecule has 33 heavy (non-hydrogen) atoms. The molecule has 0 N–H and O–H groups in total. The molecule has 1 saturated carbocycles. The van der Waals surface area contributed by atoms with Crippen molar-refractivity contribution in [1.29, 1.82) is 0 Å². The fourth-order valence-electron chi connectivity index (χ4n) is 5.47. The number of tetrazole rings is 1. The molecule has 1 aliphatic carbocycles. The molecule has 0 unspecified atom stereocenters. The highest BCUT2D eigenvalue weighted by Gasteiger charge is 2.53. The van der Waals surface area contributed by atoms with Crippen molar-refractivity contribution in [3.05, 3.63) is 35.9 Å². The maximum atomic E-state index is 13.5. The molecule has 4 heterocycles. The highest BCUT2D eigenvalue weighted by atomic mass is 16.5. The van der Waals surface area contributed by atoms with Gasteiger partial charge in [0.15, 0.2) is 5.82 Å². The van der Waals surface area contributed by atoms with Crippen LogP contribution in [0.15, 0.2) is 30.2 Å². The number of rotatable bonds is 6. The van der Waals surface area contributed by atoms with E-state index >= 15 is 0 Å². The summed E-state index contributed by atoms with van der Waals surface area (Å²) >= 11 is 0. The molecule has 2 aromatic heterocycles. The van der Waals surface area contributed by atoms with Crippen molar-refractivity contribution < 1.29 is 14.3 Å². The maximum absolute atomic E-state index is 13.5. The Hall–Kier alpha value is -3.21. The lowest BCUT2D eigenvalue weighted by Gasteiger charge is -2.39. The van der Waals surface area contributed by atoms with E-state index in [-0.39, 0.29) is 29.9 Å². The predicted molar refractivity (Wildman–Crippen MR) is 115 cm³/mol. The van der Waals surface area contributed by atoms with Gasteiger partial charge in [-0.3, -0.25) is 9.69 Å². The predicted octanol–water partition coefficient (Wildman–Crippen LogP) is 1.26. The second kappa shape index (κ2) is 8.62. The Morgan fingerprint density at radius 2 is 2.03 bits per heavy atom. The largest absolute Gasteiger partial charge is 0.456 e. The normalized spacial score (nSPS) is 27.5. The minimum Gasteiger partial charge on any atom is -0.456 e. The van der Waals surface area contributed by atoms with Gasteiger partial charge in [-0.05, 0) is 68.1 Å². The molecule has 1 atom stereocenters. The van der Waals surface area contributed by atoms with Crippen molar-refractivity contribution >= 4 is 11.9 Å². The van der Waals surface area contributed by atoms with Gasteiger partial charge in [0.1, 0.15) is 12.9 Å². The molecule has 2 aliphatic heterocycles. The lowest BCUT2D eigenvalue weighted by atomic mass is 9.70. The van der Waals surface area contributed by atoms with E-state index in [1.54, 1.807) is 0 Å². The van der Waals surface area contributed by atoms with E-state index in [9.17, 15) is 9.59 Å². The zero-order chi connectivity index (χ0) is 23.0. The molecule has 2 fully saturated rings. The molecule has 1 spiro atoms. The SMILES string of the molecule is CC[C@@H]1CC2(CCC(N(C)Cc3ccc(-n4cnnn4)nn3)CC2)C(=O)N1C1=CC(=O)OC1. The van der Waals surface area contributed by atoms with Crippen molar-refractivity contribution in [3.63, 3.8) is 0 Å². The topological polar surface area (TPSA) is 119 Å². The van der Waals surface area contributed by atoms with Crippen molar-refractivity contribution in [2.75, 3.05) is 13.7 Å². The Labute approximate surface area is 191 Å². The first-order valence-electron chi connectivity index (χ1n) is 11.5. The van der Waals surface area contributed by atoms with Gasteiger partial charge in [0, 0.05) is 24.7 Å². The van der Waals surface area contributed by atoms with Crippen LogP contribution in [0.5, 0.6) is 0 Å². The van der Waals surface area contributed by atoms with Crippen LogP contribution in [0.4, 0.5) is 0 Å². The molecule has 174 valence electrons. The fourth-order valence-corrected chi connectivity index (χ4v) is 5.47. The van der Waals surface area contributed by atoms with E-state index in [0.29, 0.717) is 18.4 Å². The van der Waals surface area contributed by atoms with Gasteiger partial charge in [0.25, 0.3) is 0 Å². The number of aromatic nitrogens is 6. The third kappa shape index (κ3) is 4.01. The van der Waals surface area contributed by atoms with Gasteiger partial charge >= 0.3 is 5.97 Å². The summed E-state index contributed by atoms with van der Waals surface area (Å²) in [6, 6.07) is 4.31. The van der Waals surface area contributed by atoms with Crippen molar-refractivity contribution in [3.8, 4) is 5.82 Å². The van der Waals surface area contributed by atoms with Crippen LogP contribution in [0.3, 0.4) is 0 Å². The van der Waals surface area contributed by atoms with Crippen LogP contribution in [0.25, 0.3) is 5.82 Å². The molecule has 3 aliphatic rings. The molecule has 0 aromatic carbocycles. The van der Waals surface area contributed by atoms with Gasteiger partial charge in [-0.15, -0.1) is 10.2 Å². The summed E-state index contributed by atoms with van der Waals surface area (Å²) in [4.78, 5) is 29.2. The van der Waals surface area contributed by atoms with Crippen LogP contribution in [0, 0.1) is 5.41 Å². The minimum atomic E-state index is -0.354. The Balaban J connectivity index is 1.21. The van der Waals surface area contributed by atoms with E-state index in [0.717, 1.165) is 49.9 Å². The zero-order valence-corrected chi connectivity index (χ0v) is 18.9. The first kappa shape index (κ1) is 21.6. The smallest absolute Gasteiger partial charge is 0.333 e. The van der Waals surface area contributed by atoms with Gasteiger partial charge < -0.3 is 9.64 Å². The summed E-state index contributed by atoms with van der Waals surface area (Å²) < 4.78 is 6.54. The number of hydrogen-bond acceptors (Lipinski definition) is 9. The standard InChI is InChI=1S/C22H28N8O3/c1-3-16-11-22(21(32)30(16)18-10-20(31)33-13-18)8-6-17(7-9-22)28(2)12-15-4-5-19(25-24-15)29-14-23-26-27-29/h4-5,10,14,16-17H,3,6-9,11-13H2,1-2H3/t16-,17?,22?/m1/s1. The lowest BCUT2D eigenvalue weighted by molar-refractivity contribution is -0.138. The summed E-state index contributed by atoms with van der Waals surface area (Å²) in [6.45, 7) is 2.99. The van der Waals surface area contributed by atoms with Crippen molar-refractivity contribution in [1.82, 2.24) is 40.2 Å². The monoisotopic (exact) mass is 452 g/mol. The first-order valence-corrected chi connectivity index (χ1v) is 11.5. The number of cyclic esters (lactones) is 1. The first-order chi connectivity index (χ1) is 16.0. The summed E-state index contributed by atoms with van der Waals surface area (Å²) in [6.07, 6.45) is 8.32. The molecule has 0 radical (unpaired) electrons. The Morgan fingerprint density at radius 3 is 2.64 bits per heavy atom. The zero-order valence-electron chi connectivity index (χ0n) is 18.9. The van der Waals surface area contributed by atoms with E-state index in [1.807, 2.05) is 17.0 Å². The Morgan fingerprint density at radius 1 is 1.21 bits per heavy atom. The maximum Gasteiger partial charge on any atom is 0.333 e. The highest BCUT2D eigenvalue weighted by molar-refractivity contribution is 5.91. The number of likely N-dealkylation sites (tertiary alicyclic amines) is 1. The van der Waals surface area contributed by atoms with Gasteiger partial charge in [-0.2, -0.15) is 9.78 Å². The molecule has 1 saturated heterocycles. The quantitative estimate of drug-likeness (QED) is 0.597. The number of carbonyl (C=O) groups excluding carboxylic acids is 2. The second-order valence-electron chi connectivity index (χ2n) is 9.25. The van der Waals surface area contributed by atoms with Crippen molar-refractivity contribution in [2.24, 2.45) is 5.41 Å². The minimum absolute atomic E-state index is 0.140. The van der Waals surface area contributed by atoms with Gasteiger partial charge in [-0.1, -0.05) is 6.92 Å². The average molecular weight is 453 g/mol. The van der Waals surface area contributed by atoms with E-state index in [2.05, 4.69) is 44.6 Å². The summed E-state index contributed by atoms with van der Waals surface area (Å²) in [5.41, 5.74) is 1.27. The Kier molecular flexibility index (Phi) is 5.65. The Bertz CT molecular complexity index is 1040. The van der Waals surface area contributed by atoms with E-state index in [4.69, 9.17) is 4.74 Å². The van der Waals surface area contributed by atoms with Gasteiger partial charge in [0.05, 0.1) is 16.8 Å². The lowest BCUT2D eigenvalue weighted by Crippen LogP contribution is -2.42. The molecule has 11 nitrogen and oxygen atoms in total. The summed E-state index contributed by atoms with van der Waals surface area (Å²) in [5.74, 6) is 0.391. The number of nitrogens with zero attached hydrogens (tertiary/aromatic N) is 8. The fraction of sp³-hybridized carbons (Fsp3) is 0.591.